The minimum absolute atomic E-state index is 0.00309. The van der Waals surface area contributed by atoms with Crippen LogP contribution in [0, 0.1) is 0 Å². The standard InChI is InChI=1S/C40H39F3N6O2/c1-3-28(16-18-45-37(50)27-48-21-19-47(2)20-22-48)33-13-12-32(24-35(33)40(41,42)43)49-38(51)15-11-31-26-46-36-14-10-29(23-34(36)39(31)49)30-9-7-5-4-6-8-17-44-25-30/h4-17,23-26H,3,18-22,27H2,1-2H3,(H,45,50)/b5-4?,6-4?,7-5?,8-6?,9-7?,17-8?,28-16+,30-9?,30-25?,44-17?,44-25?. The van der Waals surface area contributed by atoms with E-state index >= 15 is 0 Å². The third-order valence-corrected chi connectivity index (χ3v) is 9.06. The van der Waals surface area contributed by atoms with Crippen molar-refractivity contribution in [2.24, 2.45) is 0 Å². The number of allylic oxidation sites excluding steroid dienone is 1. The van der Waals surface area contributed by atoms with Crippen LogP contribution in [0.1, 0.15) is 24.5 Å². The van der Waals surface area contributed by atoms with Crippen molar-refractivity contribution in [1.82, 2.24) is 29.7 Å². The first-order chi connectivity index (χ1) is 24.6. The Morgan fingerprint density at radius 1 is 0.902 bits per heavy atom. The van der Waals surface area contributed by atoms with Crippen LogP contribution in [0.15, 0.2) is 114 Å². The molecule has 1 fully saturated rings. The zero-order valence-corrected chi connectivity index (χ0v) is 28.5. The van der Waals surface area contributed by atoms with E-state index in [4.69, 9.17) is 0 Å². The minimum Gasteiger partial charge on any atom is -0.351 e. The van der Waals surface area contributed by atoms with E-state index < -0.39 is 17.3 Å². The van der Waals surface area contributed by atoms with E-state index in [9.17, 15) is 22.8 Å². The maximum Gasteiger partial charge on any atom is 0.417 e. The molecule has 0 saturated carbocycles. The zero-order chi connectivity index (χ0) is 36.0. The van der Waals surface area contributed by atoms with Gasteiger partial charge in [-0.15, -0.1) is 0 Å². The molecule has 0 radical (unpaired) electrons. The highest BCUT2D eigenvalue weighted by Gasteiger charge is 2.34. The Hall–Kier alpha value is -5.39. The monoisotopic (exact) mass is 692 g/mol. The van der Waals surface area contributed by atoms with Crippen molar-refractivity contribution in [2.45, 2.75) is 19.5 Å². The highest BCUT2D eigenvalue weighted by atomic mass is 19.4. The second-order valence-electron chi connectivity index (χ2n) is 12.5. The lowest BCUT2D eigenvalue weighted by Gasteiger charge is -2.31. The van der Waals surface area contributed by atoms with E-state index in [1.54, 1.807) is 37.7 Å². The third kappa shape index (κ3) is 8.33. The first-order valence-electron chi connectivity index (χ1n) is 16.9. The largest absolute Gasteiger partial charge is 0.417 e. The normalized spacial score (nSPS) is 14.4. The van der Waals surface area contributed by atoms with Crippen LogP contribution in [-0.2, 0) is 11.0 Å². The molecular formula is C40H39F3N6O2. The number of fused-ring (bicyclic) bond motifs is 3. The summed E-state index contributed by atoms with van der Waals surface area (Å²) < 4.78 is 45.7. The summed E-state index contributed by atoms with van der Waals surface area (Å²) in [6.07, 6.45) is 2.24. The summed E-state index contributed by atoms with van der Waals surface area (Å²) in [5, 5.41) is 4.03. The molecule has 1 N–H and O–H groups in total. The summed E-state index contributed by atoms with van der Waals surface area (Å²) in [5.41, 5.74) is 1.81. The summed E-state index contributed by atoms with van der Waals surface area (Å²) in [6.45, 7) is 5.45. The second-order valence-corrected chi connectivity index (χ2v) is 12.5. The smallest absolute Gasteiger partial charge is 0.351 e. The number of nitrogens with zero attached hydrogens (tertiary/aromatic N) is 5. The Bertz CT molecular complexity index is 2180. The maximum atomic E-state index is 14.8. The molecule has 1 amide bonds. The van der Waals surface area contributed by atoms with Crippen LogP contribution in [0.5, 0.6) is 0 Å². The Kier molecular flexibility index (Phi) is 10.9. The molecule has 1 saturated heterocycles. The van der Waals surface area contributed by atoms with Crippen molar-refractivity contribution in [1.29, 1.82) is 0 Å². The molecule has 0 aliphatic carbocycles. The second kappa shape index (κ2) is 15.7. The Balaban J connectivity index is 1.40. The molecule has 2 aromatic carbocycles. The summed E-state index contributed by atoms with van der Waals surface area (Å²) in [7, 11) is 2.04. The minimum atomic E-state index is -4.71. The molecule has 0 unspecified atom stereocenters. The highest BCUT2D eigenvalue weighted by molar-refractivity contribution is 6.05. The Labute approximate surface area is 294 Å². The average molecular weight is 693 g/mol. The molecule has 4 heterocycles. The number of rotatable bonds is 8. The topological polar surface area (TPSA) is 83.4 Å². The van der Waals surface area contributed by atoms with Gasteiger partial charge in [0.05, 0.1) is 23.1 Å². The van der Waals surface area contributed by atoms with Gasteiger partial charge in [-0.3, -0.25) is 29.0 Å². The van der Waals surface area contributed by atoms with E-state index in [1.165, 1.54) is 22.8 Å². The van der Waals surface area contributed by atoms with Crippen LogP contribution in [-0.4, -0.2) is 76.6 Å². The molecule has 262 valence electrons. The van der Waals surface area contributed by atoms with Crippen LogP contribution in [0.2, 0.25) is 0 Å². The van der Waals surface area contributed by atoms with Gasteiger partial charge in [-0.2, -0.15) is 13.2 Å². The number of aromatic nitrogens is 3. The molecule has 1 aliphatic heterocycles. The van der Waals surface area contributed by atoms with Gasteiger partial charge in [0, 0.05) is 73.8 Å². The van der Waals surface area contributed by atoms with Crippen molar-refractivity contribution in [3.8, 4) is 16.8 Å². The van der Waals surface area contributed by atoms with Gasteiger partial charge in [0.2, 0.25) is 5.91 Å². The predicted octanol–water partition coefficient (Wildman–Crippen LogP) is 6.90. The number of nitrogens with one attached hydrogen (secondary N) is 1. The molecule has 0 atom stereocenters. The fourth-order valence-electron chi connectivity index (χ4n) is 6.32. The maximum absolute atomic E-state index is 14.8. The molecule has 3 aromatic heterocycles. The van der Waals surface area contributed by atoms with E-state index in [0.717, 1.165) is 43.4 Å². The zero-order valence-electron chi connectivity index (χ0n) is 28.5. The SMILES string of the molecule is CC/C(=C\CNC(=O)CN1CCN(C)CC1)c1ccc(-n2c(=O)ccc3cnc4ccc(-c5cccccccnc5)cc4c32)cc1C(F)(F)F. The van der Waals surface area contributed by atoms with Gasteiger partial charge < -0.3 is 10.2 Å². The van der Waals surface area contributed by atoms with Crippen LogP contribution >= 0.6 is 0 Å². The van der Waals surface area contributed by atoms with E-state index in [-0.39, 0.29) is 30.2 Å². The first kappa shape index (κ1) is 35.4. The first-order valence-corrected chi connectivity index (χ1v) is 16.9. The third-order valence-electron chi connectivity index (χ3n) is 9.06. The van der Waals surface area contributed by atoms with Gasteiger partial charge in [0.25, 0.3) is 5.56 Å². The number of halogens is 3. The van der Waals surface area contributed by atoms with Gasteiger partial charge in [-0.25, -0.2) is 0 Å². The number of carbonyl (C=O) groups is 1. The van der Waals surface area contributed by atoms with Crippen LogP contribution in [0.3, 0.4) is 0 Å². The van der Waals surface area contributed by atoms with Gasteiger partial charge >= 0.3 is 6.18 Å². The molecule has 51 heavy (non-hydrogen) atoms. The number of hydrogen-bond donors (Lipinski definition) is 1. The van der Waals surface area contributed by atoms with Crippen molar-refractivity contribution in [3.05, 3.63) is 131 Å². The molecule has 1 aliphatic rings. The summed E-state index contributed by atoms with van der Waals surface area (Å²) in [4.78, 5) is 39.4. The number of hydrogen-bond acceptors (Lipinski definition) is 6. The van der Waals surface area contributed by atoms with Crippen molar-refractivity contribution < 1.29 is 18.0 Å². The summed E-state index contributed by atoms with van der Waals surface area (Å²) in [6, 6.07) is 23.8. The van der Waals surface area contributed by atoms with Crippen molar-refractivity contribution in [2.75, 3.05) is 46.3 Å². The fourth-order valence-corrected chi connectivity index (χ4v) is 6.32. The lowest BCUT2D eigenvalue weighted by Crippen LogP contribution is -2.48. The van der Waals surface area contributed by atoms with Crippen molar-refractivity contribution in [3.63, 3.8) is 0 Å². The van der Waals surface area contributed by atoms with Gasteiger partial charge in [0.1, 0.15) is 0 Å². The number of piperazine rings is 1. The predicted molar refractivity (Wildman–Crippen MR) is 196 cm³/mol. The fraction of sp³-hybridized carbons (Fsp3) is 0.250. The number of carbonyl (C=O) groups excluding carboxylic acids is 1. The number of likely N-dealkylation sites (N-methyl/N-ethyl adjacent to an activating group) is 1. The van der Waals surface area contributed by atoms with Crippen LogP contribution in [0.25, 0.3) is 44.2 Å². The molecule has 5 aromatic rings. The lowest BCUT2D eigenvalue weighted by atomic mass is 9.96. The quantitative estimate of drug-likeness (QED) is 0.178. The van der Waals surface area contributed by atoms with Gasteiger partial charge in [-0.05, 0) is 72.1 Å². The molecule has 8 nitrogen and oxygen atoms in total. The van der Waals surface area contributed by atoms with E-state index in [0.29, 0.717) is 33.8 Å². The Morgan fingerprint density at radius 3 is 2.47 bits per heavy atom. The highest BCUT2D eigenvalue weighted by Crippen LogP contribution is 2.38. The number of pyridine rings is 2. The molecule has 11 heteroatoms. The number of amides is 1. The molecule has 0 bridgehead atoms. The number of benzene rings is 2. The number of alkyl halides is 3. The molecular weight excluding hydrogens is 653 g/mol. The molecule has 6 rings (SSSR count). The summed E-state index contributed by atoms with van der Waals surface area (Å²) >= 11 is 0. The van der Waals surface area contributed by atoms with Crippen LogP contribution in [0.4, 0.5) is 13.2 Å². The van der Waals surface area contributed by atoms with Crippen molar-refractivity contribution >= 4 is 33.3 Å². The Morgan fingerprint density at radius 2 is 1.69 bits per heavy atom. The van der Waals surface area contributed by atoms with Gasteiger partial charge in [-0.1, -0.05) is 55.5 Å². The van der Waals surface area contributed by atoms with E-state index in [2.05, 4.69) is 25.1 Å². The lowest BCUT2D eigenvalue weighted by molar-refractivity contribution is -0.137. The summed E-state index contributed by atoms with van der Waals surface area (Å²) in [5.74, 6) is -0.174. The van der Waals surface area contributed by atoms with E-state index in [1.807, 2.05) is 61.6 Å². The molecule has 0 spiro atoms. The van der Waals surface area contributed by atoms with Crippen LogP contribution < -0.4 is 10.9 Å². The van der Waals surface area contributed by atoms with Gasteiger partial charge in [0.15, 0.2) is 0 Å². The average Bonchev–Trinajstić information content (AvgIpc) is 3.12.